The van der Waals surface area contributed by atoms with E-state index in [1.165, 1.54) is 25.8 Å². The van der Waals surface area contributed by atoms with E-state index in [1.807, 2.05) is 0 Å². The maximum atomic E-state index is 3.64. The summed E-state index contributed by atoms with van der Waals surface area (Å²) in [5.41, 5.74) is 0. The van der Waals surface area contributed by atoms with E-state index >= 15 is 0 Å². The highest BCUT2D eigenvalue weighted by atomic mass is 14.9. The lowest BCUT2D eigenvalue weighted by Gasteiger charge is -2.33. The van der Waals surface area contributed by atoms with Crippen molar-refractivity contribution in [2.45, 2.75) is 39.2 Å². The van der Waals surface area contributed by atoms with Gasteiger partial charge in [-0.05, 0) is 43.6 Å². The van der Waals surface area contributed by atoms with Crippen molar-refractivity contribution < 1.29 is 0 Å². The van der Waals surface area contributed by atoms with Crippen LogP contribution < -0.4 is 5.32 Å². The van der Waals surface area contributed by atoms with Gasteiger partial charge in [0.05, 0.1) is 0 Å². The van der Waals surface area contributed by atoms with E-state index in [-0.39, 0.29) is 0 Å². The van der Waals surface area contributed by atoms with E-state index in [0.29, 0.717) is 0 Å². The zero-order valence-electron chi connectivity index (χ0n) is 7.64. The largest absolute Gasteiger partial charge is 0.314 e. The maximum absolute atomic E-state index is 3.64. The summed E-state index contributed by atoms with van der Waals surface area (Å²) in [5.74, 6) is 3.02. The lowest BCUT2D eigenvalue weighted by molar-refractivity contribution is 0.239. The summed E-state index contributed by atoms with van der Waals surface area (Å²) in [4.78, 5) is 0. The van der Waals surface area contributed by atoms with Gasteiger partial charge in [-0.2, -0.15) is 0 Å². The molecule has 0 aliphatic heterocycles. The number of hydrogen-bond donors (Lipinski definition) is 1. The van der Waals surface area contributed by atoms with E-state index in [9.17, 15) is 0 Å². The minimum absolute atomic E-state index is 0.873. The zero-order chi connectivity index (χ0) is 7.84. The molecule has 0 saturated heterocycles. The molecule has 0 aromatic carbocycles. The predicted octanol–water partition coefficient (Wildman–Crippen LogP) is 2.03. The summed E-state index contributed by atoms with van der Waals surface area (Å²) < 4.78 is 0. The predicted molar refractivity (Wildman–Crippen MR) is 47.5 cm³/mol. The van der Waals surface area contributed by atoms with Crippen LogP contribution >= 0.6 is 0 Å². The Kier molecular flexibility index (Phi) is 1.92. The van der Waals surface area contributed by atoms with Gasteiger partial charge in [0.2, 0.25) is 0 Å². The average Bonchev–Trinajstić information content (AvgIpc) is 2.57. The van der Waals surface area contributed by atoms with Crippen LogP contribution in [0, 0.1) is 17.8 Å². The van der Waals surface area contributed by atoms with Crippen LogP contribution in [0.4, 0.5) is 0 Å². The molecule has 2 aliphatic rings. The van der Waals surface area contributed by atoms with Crippen LogP contribution in [0.1, 0.15) is 33.1 Å². The van der Waals surface area contributed by atoms with Gasteiger partial charge in [0, 0.05) is 6.04 Å². The van der Waals surface area contributed by atoms with E-state index in [0.717, 1.165) is 23.8 Å². The molecule has 11 heavy (non-hydrogen) atoms. The Morgan fingerprint density at radius 1 is 1.18 bits per heavy atom. The van der Waals surface area contributed by atoms with Gasteiger partial charge in [-0.25, -0.2) is 0 Å². The van der Waals surface area contributed by atoms with Crippen molar-refractivity contribution in [3.8, 4) is 0 Å². The van der Waals surface area contributed by atoms with Crippen LogP contribution in [0.15, 0.2) is 0 Å². The van der Waals surface area contributed by atoms with Crippen molar-refractivity contribution >= 4 is 0 Å². The number of hydrogen-bond acceptors (Lipinski definition) is 1. The van der Waals surface area contributed by atoms with Crippen LogP contribution in [-0.4, -0.2) is 12.6 Å². The molecule has 2 rings (SSSR count). The Morgan fingerprint density at radius 2 is 1.82 bits per heavy atom. The molecule has 2 saturated carbocycles. The second-order valence-corrected chi connectivity index (χ2v) is 4.65. The molecule has 2 unspecified atom stereocenters. The van der Waals surface area contributed by atoms with E-state index in [2.05, 4.69) is 19.2 Å². The molecule has 0 heterocycles. The summed E-state index contributed by atoms with van der Waals surface area (Å²) in [6, 6.07) is 0.873. The monoisotopic (exact) mass is 153 g/mol. The quantitative estimate of drug-likeness (QED) is 0.654. The van der Waals surface area contributed by atoms with Crippen molar-refractivity contribution in [2.75, 3.05) is 6.54 Å². The maximum Gasteiger partial charge on any atom is 0.00722 e. The molecule has 2 atom stereocenters. The van der Waals surface area contributed by atoms with Crippen LogP contribution in [0.5, 0.6) is 0 Å². The second-order valence-electron chi connectivity index (χ2n) is 4.65. The van der Waals surface area contributed by atoms with Crippen molar-refractivity contribution in [1.29, 1.82) is 0 Å². The Labute approximate surface area is 69.6 Å². The standard InChI is InChI=1S/C10H19N/c1-7-3-10(4-7)11-6-9-5-8(9)2/h7-11H,3-6H2,1-2H3. The minimum Gasteiger partial charge on any atom is -0.314 e. The van der Waals surface area contributed by atoms with Crippen LogP contribution in [0.2, 0.25) is 0 Å². The first-order valence-electron chi connectivity index (χ1n) is 4.99. The third-order valence-corrected chi connectivity index (χ3v) is 3.32. The highest BCUT2D eigenvalue weighted by Crippen LogP contribution is 2.37. The molecule has 0 spiro atoms. The van der Waals surface area contributed by atoms with Crippen molar-refractivity contribution in [3.63, 3.8) is 0 Å². The van der Waals surface area contributed by atoms with Gasteiger partial charge in [0.15, 0.2) is 0 Å². The second kappa shape index (κ2) is 2.78. The van der Waals surface area contributed by atoms with Crippen LogP contribution in [-0.2, 0) is 0 Å². The molecule has 2 aliphatic carbocycles. The molecule has 64 valence electrons. The highest BCUT2D eigenvalue weighted by Gasteiger charge is 2.33. The van der Waals surface area contributed by atoms with Crippen molar-refractivity contribution in [1.82, 2.24) is 5.32 Å². The molecule has 0 bridgehead atoms. The van der Waals surface area contributed by atoms with Crippen molar-refractivity contribution in [2.24, 2.45) is 17.8 Å². The lowest BCUT2D eigenvalue weighted by Crippen LogP contribution is -2.41. The first kappa shape index (κ1) is 7.60. The third kappa shape index (κ3) is 1.76. The first-order chi connectivity index (χ1) is 5.25. The fourth-order valence-electron chi connectivity index (χ4n) is 2.07. The van der Waals surface area contributed by atoms with E-state index < -0.39 is 0 Å². The minimum atomic E-state index is 0.873. The fraction of sp³-hybridized carbons (Fsp3) is 1.00. The molecule has 1 heteroatoms. The molecular formula is C10H19N. The number of rotatable bonds is 3. The molecule has 0 aromatic rings. The van der Waals surface area contributed by atoms with Crippen LogP contribution in [0.3, 0.4) is 0 Å². The normalized spacial score (nSPS) is 48.5. The molecule has 1 N–H and O–H groups in total. The summed E-state index contributed by atoms with van der Waals surface area (Å²) in [7, 11) is 0. The lowest BCUT2D eigenvalue weighted by atomic mass is 9.82. The van der Waals surface area contributed by atoms with Gasteiger partial charge < -0.3 is 5.32 Å². The molecule has 1 nitrogen and oxygen atoms in total. The van der Waals surface area contributed by atoms with E-state index in [1.54, 1.807) is 0 Å². The first-order valence-corrected chi connectivity index (χ1v) is 4.99. The molecule has 2 fully saturated rings. The van der Waals surface area contributed by atoms with Gasteiger partial charge in [-0.1, -0.05) is 13.8 Å². The summed E-state index contributed by atoms with van der Waals surface area (Å²) in [6.07, 6.45) is 4.30. The summed E-state index contributed by atoms with van der Waals surface area (Å²) >= 11 is 0. The van der Waals surface area contributed by atoms with Gasteiger partial charge in [-0.3, -0.25) is 0 Å². The Hall–Kier alpha value is -0.0400. The fourth-order valence-corrected chi connectivity index (χ4v) is 2.07. The highest BCUT2D eigenvalue weighted by molar-refractivity contribution is 4.88. The summed E-state index contributed by atoms with van der Waals surface area (Å²) in [6.45, 7) is 5.99. The zero-order valence-corrected chi connectivity index (χ0v) is 7.64. The van der Waals surface area contributed by atoms with Crippen LogP contribution in [0.25, 0.3) is 0 Å². The third-order valence-electron chi connectivity index (χ3n) is 3.32. The molecule has 0 amide bonds. The SMILES string of the molecule is CC1CC(NCC2CC2C)C1. The Morgan fingerprint density at radius 3 is 2.27 bits per heavy atom. The van der Waals surface area contributed by atoms with Gasteiger partial charge >= 0.3 is 0 Å². The number of nitrogens with one attached hydrogen (secondary N) is 1. The topological polar surface area (TPSA) is 12.0 Å². The van der Waals surface area contributed by atoms with Gasteiger partial charge in [0.1, 0.15) is 0 Å². The molecule has 0 aromatic heterocycles. The molecule has 0 radical (unpaired) electrons. The molecular weight excluding hydrogens is 134 g/mol. The smallest absolute Gasteiger partial charge is 0.00722 e. The summed E-state index contributed by atoms with van der Waals surface area (Å²) in [5, 5.41) is 3.64. The average molecular weight is 153 g/mol. The van der Waals surface area contributed by atoms with Gasteiger partial charge in [0.25, 0.3) is 0 Å². The van der Waals surface area contributed by atoms with Crippen molar-refractivity contribution in [3.05, 3.63) is 0 Å². The Bertz CT molecular complexity index is 138. The van der Waals surface area contributed by atoms with Gasteiger partial charge in [-0.15, -0.1) is 0 Å². The van der Waals surface area contributed by atoms with E-state index in [4.69, 9.17) is 0 Å². The Balaban J connectivity index is 1.54.